The van der Waals surface area contributed by atoms with E-state index in [0.29, 0.717) is 26.2 Å². The first-order valence-corrected chi connectivity index (χ1v) is 11.2. The van der Waals surface area contributed by atoms with Gasteiger partial charge in [0.05, 0.1) is 5.75 Å². The molecule has 1 aliphatic heterocycles. The van der Waals surface area contributed by atoms with E-state index in [9.17, 15) is 22.0 Å². The number of rotatable bonds is 7. The molecule has 0 spiro atoms. The first-order valence-electron chi connectivity index (χ1n) is 9.58. The Hall–Kier alpha value is -2.72. The molecule has 0 unspecified atom stereocenters. The zero-order valence-corrected chi connectivity index (χ0v) is 17.2. The second-order valence-corrected chi connectivity index (χ2v) is 9.00. The topological polar surface area (TPSA) is 81.8 Å². The summed E-state index contributed by atoms with van der Waals surface area (Å²) in [6.07, 6.45) is 0. The van der Waals surface area contributed by atoms with Crippen molar-refractivity contribution >= 4 is 21.7 Å². The van der Waals surface area contributed by atoms with Crippen molar-refractivity contribution in [2.75, 3.05) is 43.4 Å². The van der Waals surface area contributed by atoms with Gasteiger partial charge >= 0.3 is 6.03 Å². The fourth-order valence-electron chi connectivity index (χ4n) is 3.15. The van der Waals surface area contributed by atoms with Crippen LogP contribution in [0.2, 0.25) is 0 Å². The molecule has 10 heteroatoms. The van der Waals surface area contributed by atoms with Crippen LogP contribution in [0.4, 0.5) is 19.3 Å². The number of hydrogen-bond donors (Lipinski definition) is 2. The van der Waals surface area contributed by atoms with Crippen LogP contribution in [0.25, 0.3) is 0 Å². The Balaban J connectivity index is 1.39. The molecule has 2 N–H and O–H groups in total. The van der Waals surface area contributed by atoms with Gasteiger partial charge < -0.3 is 15.5 Å². The fourth-order valence-corrected chi connectivity index (χ4v) is 4.48. The van der Waals surface area contributed by atoms with E-state index in [2.05, 4.69) is 10.6 Å². The van der Waals surface area contributed by atoms with Gasteiger partial charge in [-0.2, -0.15) is 4.31 Å². The molecule has 0 radical (unpaired) electrons. The minimum Gasteiger partial charge on any atom is -0.369 e. The molecule has 2 aromatic carbocycles. The summed E-state index contributed by atoms with van der Waals surface area (Å²) in [6, 6.07) is 11.3. The van der Waals surface area contributed by atoms with Crippen molar-refractivity contribution in [3.8, 4) is 0 Å². The van der Waals surface area contributed by atoms with Crippen molar-refractivity contribution in [2.24, 2.45) is 0 Å². The van der Waals surface area contributed by atoms with E-state index in [1.165, 1.54) is 28.6 Å². The summed E-state index contributed by atoms with van der Waals surface area (Å²) in [5.74, 6) is -0.867. The lowest BCUT2D eigenvalue weighted by Crippen LogP contribution is -2.50. The summed E-state index contributed by atoms with van der Waals surface area (Å²) in [7, 11) is -3.50. The summed E-state index contributed by atoms with van der Waals surface area (Å²) in [4.78, 5) is 13.8. The summed E-state index contributed by atoms with van der Waals surface area (Å²) in [5.41, 5.74) is 1.59. The molecule has 1 fully saturated rings. The van der Waals surface area contributed by atoms with Gasteiger partial charge in [-0.15, -0.1) is 0 Å². The molecule has 2 amide bonds. The fraction of sp³-hybridized carbons (Fsp3) is 0.350. The number of anilines is 1. The van der Waals surface area contributed by atoms with Crippen LogP contribution in [-0.4, -0.2) is 57.2 Å². The summed E-state index contributed by atoms with van der Waals surface area (Å²) in [5, 5.41) is 5.12. The molecule has 0 bridgehead atoms. The monoisotopic (exact) mass is 438 g/mol. The highest BCUT2D eigenvalue weighted by Gasteiger charge is 2.26. The molecule has 0 aliphatic carbocycles. The van der Waals surface area contributed by atoms with E-state index < -0.39 is 16.1 Å². The van der Waals surface area contributed by atoms with Crippen LogP contribution in [0.3, 0.4) is 0 Å². The quantitative estimate of drug-likeness (QED) is 0.692. The summed E-state index contributed by atoms with van der Waals surface area (Å²) in [6.45, 7) is 1.87. The smallest absolute Gasteiger partial charge is 0.315 e. The number of hydrogen-bond acceptors (Lipinski definition) is 4. The Morgan fingerprint density at radius 2 is 1.43 bits per heavy atom. The second kappa shape index (κ2) is 9.86. The molecule has 2 aromatic rings. The Morgan fingerprint density at radius 3 is 2.03 bits per heavy atom. The van der Waals surface area contributed by atoms with Crippen molar-refractivity contribution < 1.29 is 22.0 Å². The van der Waals surface area contributed by atoms with Crippen LogP contribution >= 0.6 is 0 Å². The summed E-state index contributed by atoms with van der Waals surface area (Å²) >= 11 is 0. The number of benzene rings is 2. The molecule has 7 nitrogen and oxygen atoms in total. The zero-order valence-electron chi connectivity index (χ0n) is 16.4. The third-order valence-electron chi connectivity index (χ3n) is 4.84. The molecule has 1 saturated heterocycles. The van der Waals surface area contributed by atoms with Crippen molar-refractivity contribution in [3.05, 3.63) is 65.7 Å². The Kier molecular flexibility index (Phi) is 7.22. The van der Waals surface area contributed by atoms with Crippen LogP contribution in [0.1, 0.15) is 5.56 Å². The van der Waals surface area contributed by atoms with Gasteiger partial charge in [0.2, 0.25) is 10.0 Å². The largest absolute Gasteiger partial charge is 0.369 e. The van der Waals surface area contributed by atoms with Crippen LogP contribution in [-0.2, 0) is 16.6 Å². The Bertz CT molecular complexity index is 945. The minimum absolute atomic E-state index is 0.0181. The highest BCUT2D eigenvalue weighted by molar-refractivity contribution is 7.89. The number of urea groups is 1. The van der Waals surface area contributed by atoms with E-state index in [-0.39, 0.29) is 30.5 Å². The number of amides is 2. The Labute approximate surface area is 174 Å². The molecule has 162 valence electrons. The summed E-state index contributed by atoms with van der Waals surface area (Å²) < 4.78 is 52.3. The number of nitrogens with one attached hydrogen (secondary N) is 2. The molecular weight excluding hydrogens is 414 g/mol. The lowest BCUT2D eigenvalue weighted by Gasteiger charge is -2.35. The zero-order chi connectivity index (χ0) is 21.6. The third kappa shape index (κ3) is 6.14. The number of nitrogens with zero attached hydrogens (tertiary/aromatic N) is 2. The average Bonchev–Trinajstić information content (AvgIpc) is 2.74. The van der Waals surface area contributed by atoms with Gasteiger partial charge in [0.1, 0.15) is 11.6 Å². The van der Waals surface area contributed by atoms with Crippen LogP contribution in [0, 0.1) is 11.6 Å². The maximum absolute atomic E-state index is 13.0. The second-order valence-electron chi connectivity index (χ2n) is 6.91. The van der Waals surface area contributed by atoms with E-state index in [1.807, 2.05) is 4.90 Å². The molecule has 0 saturated carbocycles. The molecule has 1 heterocycles. The van der Waals surface area contributed by atoms with E-state index >= 15 is 0 Å². The van der Waals surface area contributed by atoms with Crippen LogP contribution < -0.4 is 15.5 Å². The van der Waals surface area contributed by atoms with Gasteiger partial charge in [0.25, 0.3) is 0 Å². The molecule has 30 heavy (non-hydrogen) atoms. The van der Waals surface area contributed by atoms with Crippen LogP contribution in [0.5, 0.6) is 0 Å². The number of carbonyl (C=O) groups excluding carboxylic acids is 1. The van der Waals surface area contributed by atoms with Gasteiger partial charge in [-0.25, -0.2) is 22.0 Å². The van der Waals surface area contributed by atoms with Gasteiger partial charge in [-0.05, 0) is 42.0 Å². The maximum Gasteiger partial charge on any atom is 0.315 e. The first kappa shape index (κ1) is 22.0. The average molecular weight is 439 g/mol. The highest BCUT2D eigenvalue weighted by Crippen LogP contribution is 2.18. The SMILES string of the molecule is O=C(NCCS(=O)(=O)N1CCN(c2ccc(F)cc2)CC1)NCc1ccc(F)cc1. The van der Waals surface area contributed by atoms with E-state index in [1.54, 1.807) is 24.3 Å². The molecular formula is C20H24F2N4O3S. The lowest BCUT2D eigenvalue weighted by molar-refractivity contribution is 0.241. The first-order chi connectivity index (χ1) is 14.3. The number of piperazine rings is 1. The number of sulfonamides is 1. The van der Waals surface area contributed by atoms with E-state index in [0.717, 1.165) is 11.3 Å². The van der Waals surface area contributed by atoms with Gasteiger partial charge in [0.15, 0.2) is 0 Å². The number of carbonyl (C=O) groups is 1. The lowest BCUT2D eigenvalue weighted by atomic mass is 10.2. The predicted octanol–water partition coefficient (Wildman–Crippen LogP) is 1.92. The van der Waals surface area contributed by atoms with Crippen LogP contribution in [0.15, 0.2) is 48.5 Å². The van der Waals surface area contributed by atoms with Gasteiger partial charge in [0, 0.05) is 45.0 Å². The number of halogens is 2. The minimum atomic E-state index is -3.50. The normalized spacial score (nSPS) is 15.1. The van der Waals surface area contributed by atoms with E-state index in [4.69, 9.17) is 0 Å². The van der Waals surface area contributed by atoms with Crippen molar-refractivity contribution in [2.45, 2.75) is 6.54 Å². The molecule has 0 atom stereocenters. The molecule has 0 aromatic heterocycles. The van der Waals surface area contributed by atoms with Crippen molar-refractivity contribution in [1.29, 1.82) is 0 Å². The van der Waals surface area contributed by atoms with Crippen molar-refractivity contribution in [1.82, 2.24) is 14.9 Å². The third-order valence-corrected chi connectivity index (χ3v) is 6.71. The standard InChI is InChI=1S/C20H24F2N4O3S/c21-17-3-1-16(2-4-17)15-24-20(27)23-9-14-30(28,29)26-12-10-25(11-13-26)19-7-5-18(22)6-8-19/h1-8H,9-15H2,(H2,23,24,27). The molecule has 1 aliphatic rings. The Morgan fingerprint density at radius 1 is 0.867 bits per heavy atom. The van der Waals surface area contributed by atoms with Gasteiger partial charge in [-0.1, -0.05) is 12.1 Å². The highest BCUT2D eigenvalue weighted by atomic mass is 32.2. The molecule has 3 rings (SSSR count). The maximum atomic E-state index is 13.0. The predicted molar refractivity (Wildman–Crippen MR) is 111 cm³/mol. The van der Waals surface area contributed by atoms with Gasteiger partial charge in [-0.3, -0.25) is 0 Å². The van der Waals surface area contributed by atoms with Crippen molar-refractivity contribution in [3.63, 3.8) is 0 Å².